The number of nitro groups is 1. The summed E-state index contributed by atoms with van der Waals surface area (Å²) in [7, 11) is 0. The molecule has 1 aromatic heterocycles. The first kappa shape index (κ1) is 18.7. The molecule has 1 fully saturated rings. The molecule has 27 heavy (non-hydrogen) atoms. The molecular weight excluding hydrogens is 376 g/mol. The van der Waals surface area contributed by atoms with E-state index in [1.54, 1.807) is 6.07 Å². The van der Waals surface area contributed by atoms with Gasteiger partial charge in [-0.05, 0) is 0 Å². The van der Waals surface area contributed by atoms with Crippen molar-refractivity contribution in [3.05, 3.63) is 39.9 Å². The average Bonchev–Trinajstić information content (AvgIpc) is 3.16. The molecule has 0 atom stereocenters. The van der Waals surface area contributed by atoms with E-state index in [1.807, 2.05) is 4.90 Å². The molecule has 0 spiro atoms. The number of rotatable bonds is 7. The van der Waals surface area contributed by atoms with Gasteiger partial charge in [0.25, 0.3) is 17.5 Å². The molecule has 1 N–H and O–H groups in total. The Morgan fingerprint density at radius 3 is 3.04 bits per heavy atom. The van der Waals surface area contributed by atoms with E-state index in [9.17, 15) is 14.9 Å². The van der Waals surface area contributed by atoms with Crippen molar-refractivity contribution in [3.8, 4) is 5.88 Å². The summed E-state index contributed by atoms with van der Waals surface area (Å²) >= 11 is 1.01. The molecule has 2 heterocycles. The van der Waals surface area contributed by atoms with E-state index in [1.165, 1.54) is 24.4 Å². The van der Waals surface area contributed by atoms with Gasteiger partial charge in [0.2, 0.25) is 5.82 Å². The van der Waals surface area contributed by atoms with Gasteiger partial charge in [-0.2, -0.15) is 9.47 Å². The minimum atomic E-state index is -0.502. The molecule has 1 saturated heterocycles. The maximum Gasteiger partial charge on any atom is 0.278 e. The van der Waals surface area contributed by atoms with Crippen molar-refractivity contribution in [3.63, 3.8) is 0 Å². The largest absolute Gasteiger partial charge is 0.464 e. The highest BCUT2D eigenvalue weighted by atomic mass is 32.1. The second-order valence-electron chi connectivity index (χ2n) is 5.43. The van der Waals surface area contributed by atoms with Crippen LogP contribution in [0.2, 0.25) is 0 Å². The normalized spacial score (nSPS) is 14.3. The van der Waals surface area contributed by atoms with E-state index in [0.717, 1.165) is 11.7 Å². The third-order valence-electron chi connectivity index (χ3n) is 3.58. The molecule has 1 aliphatic rings. The molecule has 1 aromatic carbocycles. The molecule has 0 saturated carbocycles. The van der Waals surface area contributed by atoms with Crippen LogP contribution in [-0.2, 0) is 9.53 Å². The Morgan fingerprint density at radius 1 is 1.44 bits per heavy atom. The quantitative estimate of drug-likeness (QED) is 0.416. The van der Waals surface area contributed by atoms with E-state index in [0.29, 0.717) is 43.6 Å². The smallest absolute Gasteiger partial charge is 0.278 e. The van der Waals surface area contributed by atoms with Crippen LogP contribution in [0.5, 0.6) is 5.88 Å². The summed E-state index contributed by atoms with van der Waals surface area (Å²) in [6.07, 6.45) is 1.31. The minimum Gasteiger partial charge on any atom is -0.464 e. The number of nitro benzene ring substituents is 1. The number of carbonyl (C=O) groups excluding carboxylic acids is 1. The number of amides is 1. The number of hydrogen-bond acceptors (Lipinski definition) is 10. The van der Waals surface area contributed by atoms with E-state index in [-0.39, 0.29) is 12.3 Å². The zero-order chi connectivity index (χ0) is 19.1. The first-order valence-electron chi connectivity index (χ1n) is 7.98. The molecule has 0 bridgehead atoms. The molecule has 1 aliphatic heterocycles. The van der Waals surface area contributed by atoms with Gasteiger partial charge in [-0.1, -0.05) is 12.1 Å². The van der Waals surface area contributed by atoms with Crippen LogP contribution in [0.15, 0.2) is 29.4 Å². The van der Waals surface area contributed by atoms with Gasteiger partial charge < -0.3 is 14.4 Å². The second-order valence-corrected chi connectivity index (χ2v) is 5.95. The Kier molecular flexibility index (Phi) is 6.22. The monoisotopic (exact) mass is 392 g/mol. The Labute approximate surface area is 158 Å². The molecule has 0 unspecified atom stereocenters. The van der Waals surface area contributed by atoms with E-state index >= 15 is 0 Å². The molecule has 12 heteroatoms. The number of morpholine rings is 1. The molecule has 0 aliphatic carbocycles. The van der Waals surface area contributed by atoms with Crippen molar-refractivity contribution in [2.45, 2.75) is 0 Å². The van der Waals surface area contributed by atoms with Crippen LogP contribution in [0.25, 0.3) is 0 Å². The number of benzene rings is 1. The van der Waals surface area contributed by atoms with Crippen molar-refractivity contribution in [1.82, 2.24) is 14.2 Å². The Balaban J connectivity index is 1.50. The van der Waals surface area contributed by atoms with Crippen LogP contribution in [0, 0.1) is 10.1 Å². The molecular formula is C15H16N6O5S. The number of carbonyl (C=O) groups is 1. The van der Waals surface area contributed by atoms with Crippen LogP contribution in [0.4, 0.5) is 11.5 Å². The van der Waals surface area contributed by atoms with Crippen molar-refractivity contribution in [2.24, 2.45) is 5.10 Å². The molecule has 2 aromatic rings. The lowest BCUT2D eigenvalue weighted by atomic mass is 10.2. The summed E-state index contributed by atoms with van der Waals surface area (Å²) in [6, 6.07) is 5.89. The van der Waals surface area contributed by atoms with Crippen LogP contribution in [0.1, 0.15) is 5.56 Å². The summed E-state index contributed by atoms with van der Waals surface area (Å²) in [4.78, 5) is 24.1. The number of hydrogen-bond donors (Lipinski definition) is 1. The SMILES string of the molecule is O=C(COc1nsnc1N1CCOCC1)N/N=C/c1cccc([N+](=O)[O-])c1. The van der Waals surface area contributed by atoms with Gasteiger partial charge in [-0.15, -0.1) is 4.37 Å². The highest BCUT2D eigenvalue weighted by Crippen LogP contribution is 2.26. The Hall–Kier alpha value is -3.12. The van der Waals surface area contributed by atoms with Gasteiger partial charge in [0, 0.05) is 30.8 Å². The maximum atomic E-state index is 11.9. The third kappa shape index (κ3) is 5.18. The predicted octanol–water partition coefficient (Wildman–Crippen LogP) is 0.812. The summed E-state index contributed by atoms with van der Waals surface area (Å²) in [5, 5.41) is 14.5. The zero-order valence-electron chi connectivity index (χ0n) is 14.1. The lowest BCUT2D eigenvalue weighted by Gasteiger charge is -2.26. The fraction of sp³-hybridized carbons (Fsp3) is 0.333. The highest BCUT2D eigenvalue weighted by molar-refractivity contribution is 6.99. The lowest BCUT2D eigenvalue weighted by molar-refractivity contribution is -0.384. The van der Waals surface area contributed by atoms with Crippen molar-refractivity contribution in [1.29, 1.82) is 0 Å². The number of anilines is 1. The molecule has 1 amide bonds. The number of nitrogens with zero attached hydrogens (tertiary/aromatic N) is 5. The van der Waals surface area contributed by atoms with Gasteiger partial charge in [0.1, 0.15) is 0 Å². The standard InChI is InChI=1S/C15H16N6O5S/c22-13(17-16-9-11-2-1-3-12(8-11)21(23)24)10-26-15-14(18-27-19-15)20-4-6-25-7-5-20/h1-3,8-9H,4-7,10H2,(H,17,22)/b16-9+. The summed E-state index contributed by atoms with van der Waals surface area (Å²) in [5.74, 6) is 0.397. The van der Waals surface area contributed by atoms with Crippen LogP contribution >= 0.6 is 11.7 Å². The maximum absolute atomic E-state index is 11.9. The van der Waals surface area contributed by atoms with E-state index in [2.05, 4.69) is 19.3 Å². The van der Waals surface area contributed by atoms with Crippen LogP contribution < -0.4 is 15.1 Å². The summed E-state index contributed by atoms with van der Waals surface area (Å²) < 4.78 is 19.0. The van der Waals surface area contributed by atoms with E-state index in [4.69, 9.17) is 9.47 Å². The predicted molar refractivity (Wildman–Crippen MR) is 97.3 cm³/mol. The van der Waals surface area contributed by atoms with Crippen LogP contribution in [0.3, 0.4) is 0 Å². The highest BCUT2D eigenvalue weighted by Gasteiger charge is 2.20. The molecule has 142 valence electrons. The molecule has 3 rings (SSSR count). The van der Waals surface area contributed by atoms with Crippen molar-refractivity contribution >= 4 is 35.4 Å². The molecule has 11 nitrogen and oxygen atoms in total. The van der Waals surface area contributed by atoms with Gasteiger partial charge in [0.15, 0.2) is 6.61 Å². The Bertz CT molecular complexity index is 836. The summed E-state index contributed by atoms with van der Waals surface area (Å²) in [5.41, 5.74) is 2.73. The third-order valence-corrected chi connectivity index (χ3v) is 4.08. The number of nitrogens with one attached hydrogen (secondary N) is 1. The average molecular weight is 392 g/mol. The first-order valence-corrected chi connectivity index (χ1v) is 8.71. The minimum absolute atomic E-state index is 0.0553. The van der Waals surface area contributed by atoms with Gasteiger partial charge >= 0.3 is 0 Å². The van der Waals surface area contributed by atoms with Gasteiger partial charge in [-0.3, -0.25) is 14.9 Å². The second kappa shape index (κ2) is 9.00. The zero-order valence-corrected chi connectivity index (χ0v) is 14.9. The topological polar surface area (TPSA) is 132 Å². The fourth-order valence-electron chi connectivity index (χ4n) is 2.30. The Morgan fingerprint density at radius 2 is 2.26 bits per heavy atom. The lowest BCUT2D eigenvalue weighted by Crippen LogP contribution is -2.36. The van der Waals surface area contributed by atoms with Gasteiger partial charge in [-0.25, -0.2) is 5.43 Å². The fourth-order valence-corrected chi connectivity index (χ4v) is 2.82. The van der Waals surface area contributed by atoms with Gasteiger partial charge in [0.05, 0.1) is 36.1 Å². The van der Waals surface area contributed by atoms with Crippen LogP contribution in [-0.4, -0.2) is 58.7 Å². The number of ether oxygens (including phenoxy) is 2. The number of hydrazone groups is 1. The molecule has 0 radical (unpaired) electrons. The number of non-ortho nitro benzene ring substituents is 1. The summed E-state index contributed by atoms with van der Waals surface area (Å²) in [6.45, 7) is 2.28. The number of aromatic nitrogens is 2. The van der Waals surface area contributed by atoms with Crippen molar-refractivity contribution < 1.29 is 19.2 Å². The van der Waals surface area contributed by atoms with Crippen molar-refractivity contribution in [2.75, 3.05) is 37.8 Å². The first-order chi connectivity index (χ1) is 13.1. The van der Waals surface area contributed by atoms with E-state index < -0.39 is 10.8 Å².